The van der Waals surface area contributed by atoms with Gasteiger partial charge >= 0.3 is 0 Å². The van der Waals surface area contributed by atoms with Gasteiger partial charge in [-0.15, -0.1) is 0 Å². The maximum absolute atomic E-state index is 11.9. The van der Waals surface area contributed by atoms with Crippen LogP contribution < -0.4 is 0 Å². The van der Waals surface area contributed by atoms with E-state index in [1.165, 1.54) is 6.42 Å². The van der Waals surface area contributed by atoms with Gasteiger partial charge in [-0.25, -0.2) is 0 Å². The van der Waals surface area contributed by atoms with Gasteiger partial charge in [0.25, 0.3) is 0 Å². The third-order valence-corrected chi connectivity index (χ3v) is 3.56. The van der Waals surface area contributed by atoms with Gasteiger partial charge in [-0.3, -0.25) is 9.78 Å². The Labute approximate surface area is 99.4 Å². The van der Waals surface area contributed by atoms with Crippen molar-refractivity contribution in [1.82, 2.24) is 4.98 Å². The first-order valence-electron chi connectivity index (χ1n) is 4.54. The summed E-state index contributed by atoms with van der Waals surface area (Å²) in [6, 6.07) is 1.86. The molecule has 1 aromatic rings. The summed E-state index contributed by atoms with van der Waals surface area (Å²) in [6.45, 7) is 0. The summed E-state index contributed by atoms with van der Waals surface area (Å²) in [5, 5.41) is 0. The van der Waals surface area contributed by atoms with Crippen molar-refractivity contribution in [1.29, 1.82) is 0 Å². The number of nitrogens with zero attached hydrogens (tertiary/aromatic N) is 1. The third kappa shape index (κ3) is 1.91. The van der Waals surface area contributed by atoms with Crippen LogP contribution in [-0.4, -0.2) is 10.8 Å². The van der Waals surface area contributed by atoms with Crippen molar-refractivity contribution in [3.05, 3.63) is 26.9 Å². The topological polar surface area (TPSA) is 30.0 Å². The van der Waals surface area contributed by atoms with Crippen molar-refractivity contribution in [2.45, 2.75) is 19.3 Å². The Bertz CT molecular complexity index is 374. The van der Waals surface area contributed by atoms with Crippen molar-refractivity contribution < 1.29 is 4.79 Å². The SMILES string of the molecule is O=C(c1ncc(Br)cc1Br)C1CCC1. The summed E-state index contributed by atoms with van der Waals surface area (Å²) in [7, 11) is 0. The van der Waals surface area contributed by atoms with E-state index >= 15 is 0 Å². The first-order valence-corrected chi connectivity index (χ1v) is 6.12. The predicted molar refractivity (Wildman–Crippen MR) is 61.3 cm³/mol. The summed E-state index contributed by atoms with van der Waals surface area (Å²) < 4.78 is 1.67. The van der Waals surface area contributed by atoms with Crippen LogP contribution in [0.25, 0.3) is 0 Å². The molecule has 1 heterocycles. The fourth-order valence-electron chi connectivity index (χ4n) is 1.46. The summed E-state index contributed by atoms with van der Waals surface area (Å²) in [4.78, 5) is 16.0. The molecule has 1 saturated carbocycles. The molecule has 2 nitrogen and oxygen atoms in total. The second kappa shape index (κ2) is 4.11. The maximum Gasteiger partial charge on any atom is 0.185 e. The van der Waals surface area contributed by atoms with Crippen molar-refractivity contribution in [3.8, 4) is 0 Å². The van der Waals surface area contributed by atoms with Gasteiger partial charge in [0, 0.05) is 21.1 Å². The molecule has 14 heavy (non-hydrogen) atoms. The zero-order valence-electron chi connectivity index (χ0n) is 7.46. The van der Waals surface area contributed by atoms with E-state index in [1.54, 1.807) is 6.20 Å². The van der Waals surface area contributed by atoms with Crippen LogP contribution in [0.3, 0.4) is 0 Å². The van der Waals surface area contributed by atoms with Gasteiger partial charge in [-0.05, 0) is 50.8 Å². The van der Waals surface area contributed by atoms with E-state index in [9.17, 15) is 4.79 Å². The molecule has 1 aliphatic rings. The lowest BCUT2D eigenvalue weighted by Gasteiger charge is -2.23. The molecule has 74 valence electrons. The van der Waals surface area contributed by atoms with Gasteiger partial charge in [-0.1, -0.05) is 6.42 Å². The van der Waals surface area contributed by atoms with Crippen LogP contribution >= 0.6 is 31.9 Å². The molecule has 0 atom stereocenters. The second-order valence-electron chi connectivity index (χ2n) is 3.48. The maximum atomic E-state index is 11.9. The first-order chi connectivity index (χ1) is 6.68. The van der Waals surface area contributed by atoms with Crippen molar-refractivity contribution in [2.24, 2.45) is 5.92 Å². The number of rotatable bonds is 2. The lowest BCUT2D eigenvalue weighted by Crippen LogP contribution is -2.23. The minimum Gasteiger partial charge on any atom is -0.292 e. The van der Waals surface area contributed by atoms with Crippen LogP contribution in [0.15, 0.2) is 21.2 Å². The van der Waals surface area contributed by atoms with Gasteiger partial charge in [0.15, 0.2) is 5.78 Å². The van der Waals surface area contributed by atoms with Crippen LogP contribution in [0.1, 0.15) is 29.8 Å². The monoisotopic (exact) mass is 317 g/mol. The molecule has 4 heteroatoms. The summed E-state index contributed by atoms with van der Waals surface area (Å²) >= 11 is 6.67. The van der Waals surface area contributed by atoms with Crippen molar-refractivity contribution in [3.63, 3.8) is 0 Å². The fraction of sp³-hybridized carbons (Fsp3) is 0.400. The van der Waals surface area contributed by atoms with Crippen LogP contribution in [-0.2, 0) is 0 Å². The van der Waals surface area contributed by atoms with Crippen molar-refractivity contribution >= 4 is 37.6 Å². The van der Waals surface area contributed by atoms with E-state index in [4.69, 9.17) is 0 Å². The van der Waals surface area contributed by atoms with Crippen LogP contribution in [0.2, 0.25) is 0 Å². The van der Waals surface area contributed by atoms with Gasteiger partial charge < -0.3 is 0 Å². The molecule has 1 aromatic heterocycles. The third-order valence-electron chi connectivity index (χ3n) is 2.52. The number of hydrogen-bond donors (Lipinski definition) is 0. The average Bonchev–Trinajstić information content (AvgIpc) is 2.00. The van der Waals surface area contributed by atoms with E-state index in [-0.39, 0.29) is 11.7 Å². The highest BCUT2D eigenvalue weighted by atomic mass is 79.9. The minimum absolute atomic E-state index is 0.177. The summed E-state index contributed by atoms with van der Waals surface area (Å²) in [5.41, 5.74) is 0.568. The Morgan fingerprint density at radius 2 is 2.14 bits per heavy atom. The average molecular weight is 319 g/mol. The zero-order valence-corrected chi connectivity index (χ0v) is 10.6. The van der Waals surface area contributed by atoms with E-state index in [0.717, 1.165) is 21.8 Å². The number of carbonyl (C=O) groups is 1. The molecule has 0 aromatic carbocycles. The molecule has 0 unspecified atom stereocenters. The van der Waals surface area contributed by atoms with E-state index in [1.807, 2.05) is 6.07 Å². The molecule has 1 aliphatic carbocycles. The molecule has 0 N–H and O–H groups in total. The fourth-order valence-corrected chi connectivity index (χ4v) is 2.64. The standard InChI is InChI=1S/C10H9Br2NO/c11-7-4-8(12)9(13-5-7)10(14)6-2-1-3-6/h4-6H,1-3H2. The van der Waals surface area contributed by atoms with Crippen molar-refractivity contribution in [2.75, 3.05) is 0 Å². The largest absolute Gasteiger partial charge is 0.292 e. The number of pyridine rings is 1. The predicted octanol–water partition coefficient (Wildman–Crippen LogP) is 3.59. The highest BCUT2D eigenvalue weighted by Crippen LogP contribution is 2.31. The molecule has 0 bridgehead atoms. The Hall–Kier alpha value is -0.220. The molecule has 0 saturated heterocycles. The summed E-state index contributed by atoms with van der Waals surface area (Å²) in [5.74, 6) is 0.385. The van der Waals surface area contributed by atoms with E-state index in [0.29, 0.717) is 5.69 Å². The number of Topliss-reactive ketones (excluding diaryl/α,β-unsaturated/α-hetero) is 1. The molecule has 1 fully saturated rings. The number of hydrogen-bond acceptors (Lipinski definition) is 2. The van der Waals surface area contributed by atoms with Crippen LogP contribution in [0, 0.1) is 5.92 Å². The molecule has 0 amide bonds. The normalized spacial score (nSPS) is 16.4. The molecule has 0 spiro atoms. The van der Waals surface area contributed by atoms with Gasteiger partial charge in [-0.2, -0.15) is 0 Å². The number of ketones is 1. The van der Waals surface area contributed by atoms with Gasteiger partial charge in [0.2, 0.25) is 0 Å². The Morgan fingerprint density at radius 1 is 1.43 bits per heavy atom. The van der Waals surface area contributed by atoms with E-state index < -0.39 is 0 Å². The van der Waals surface area contributed by atoms with Crippen LogP contribution in [0.4, 0.5) is 0 Å². The highest BCUT2D eigenvalue weighted by Gasteiger charge is 2.28. The lowest BCUT2D eigenvalue weighted by atomic mass is 9.81. The Morgan fingerprint density at radius 3 is 2.64 bits per heavy atom. The zero-order chi connectivity index (χ0) is 10.1. The molecular formula is C10H9Br2NO. The molecule has 0 aliphatic heterocycles. The Kier molecular flexibility index (Phi) is 3.02. The Balaban J connectivity index is 2.26. The first kappa shape index (κ1) is 10.3. The molecule has 0 radical (unpaired) electrons. The van der Waals surface area contributed by atoms with Crippen LogP contribution in [0.5, 0.6) is 0 Å². The van der Waals surface area contributed by atoms with Gasteiger partial charge in [0.1, 0.15) is 5.69 Å². The molecular weight excluding hydrogens is 310 g/mol. The molecule has 2 rings (SSSR count). The smallest absolute Gasteiger partial charge is 0.185 e. The summed E-state index contributed by atoms with van der Waals surface area (Å²) in [6.07, 6.45) is 4.87. The van der Waals surface area contributed by atoms with E-state index in [2.05, 4.69) is 36.8 Å². The minimum atomic E-state index is 0.177. The lowest BCUT2D eigenvalue weighted by molar-refractivity contribution is 0.0849. The number of halogens is 2. The quantitative estimate of drug-likeness (QED) is 0.780. The second-order valence-corrected chi connectivity index (χ2v) is 5.25. The highest BCUT2D eigenvalue weighted by molar-refractivity contribution is 9.11. The number of aromatic nitrogens is 1. The number of carbonyl (C=O) groups excluding carboxylic acids is 1. The van der Waals surface area contributed by atoms with Gasteiger partial charge in [0.05, 0.1) is 0 Å².